The van der Waals surface area contributed by atoms with Crippen LogP contribution in [0.5, 0.6) is 0 Å². The molecular weight excluding hydrogens is 443 g/mol. The molecule has 0 fully saturated rings. The van der Waals surface area contributed by atoms with Crippen LogP contribution in [-0.4, -0.2) is 29.3 Å². The van der Waals surface area contributed by atoms with Crippen LogP contribution in [0.4, 0.5) is 0 Å². The summed E-state index contributed by atoms with van der Waals surface area (Å²) in [7, 11) is 0. The predicted molar refractivity (Wildman–Crippen MR) is 124 cm³/mol. The first kappa shape index (κ1) is 24.5. The largest absolute Gasteiger partial charge is 0.354 e. The second-order valence-electron chi connectivity index (χ2n) is 7.17. The Hall–Kier alpha value is -1.75. The average Bonchev–Trinajstić information content (AvgIpc) is 2.72. The van der Waals surface area contributed by atoms with Gasteiger partial charge in [0.15, 0.2) is 0 Å². The lowest BCUT2D eigenvalue weighted by atomic mass is 10.1. The molecule has 0 aliphatic heterocycles. The zero-order chi connectivity index (χ0) is 22.1. The second-order valence-corrected chi connectivity index (χ2v) is 8.42. The summed E-state index contributed by atoms with van der Waals surface area (Å²) in [5.41, 5.74) is 1.64. The van der Waals surface area contributed by atoms with Gasteiger partial charge in [-0.2, -0.15) is 0 Å². The van der Waals surface area contributed by atoms with E-state index in [4.69, 9.17) is 34.8 Å². The summed E-state index contributed by atoms with van der Waals surface area (Å²) in [6.07, 6.45) is 2.60. The number of benzene rings is 2. The first-order valence-electron chi connectivity index (χ1n) is 10.1. The van der Waals surface area contributed by atoms with Crippen molar-refractivity contribution in [2.75, 3.05) is 6.54 Å². The summed E-state index contributed by atoms with van der Waals surface area (Å²) in [6.45, 7) is 4.60. The molecule has 1 unspecified atom stereocenters. The lowest BCUT2D eigenvalue weighted by Crippen LogP contribution is -2.47. The molecule has 0 radical (unpaired) electrons. The van der Waals surface area contributed by atoms with Crippen LogP contribution in [-0.2, 0) is 22.6 Å². The van der Waals surface area contributed by atoms with Gasteiger partial charge in [0.2, 0.25) is 11.8 Å². The molecule has 1 N–H and O–H groups in total. The van der Waals surface area contributed by atoms with Crippen LogP contribution >= 0.6 is 34.8 Å². The highest BCUT2D eigenvalue weighted by molar-refractivity contribution is 6.35. The molecule has 0 aromatic heterocycles. The number of carbonyl (C=O) groups excluding carboxylic acids is 2. The fraction of sp³-hybridized carbons (Fsp3) is 0.391. The molecule has 0 saturated carbocycles. The Morgan fingerprint density at radius 2 is 1.77 bits per heavy atom. The highest BCUT2D eigenvalue weighted by atomic mass is 35.5. The molecule has 0 aliphatic carbocycles. The third-order valence-electron chi connectivity index (χ3n) is 4.92. The molecule has 162 valence electrons. The SMILES string of the molecule is CCCCNC(=O)C(C)N(Cc1ccc(Cl)cc1Cl)C(=O)CCc1ccccc1Cl. The van der Waals surface area contributed by atoms with Crippen molar-refractivity contribution in [2.45, 2.75) is 52.1 Å². The van der Waals surface area contributed by atoms with E-state index in [-0.39, 0.29) is 24.8 Å². The van der Waals surface area contributed by atoms with Gasteiger partial charge in [-0.05, 0) is 49.1 Å². The monoisotopic (exact) mass is 468 g/mol. The normalized spacial score (nSPS) is 11.8. The molecule has 1 atom stereocenters. The Bertz CT molecular complexity index is 873. The Morgan fingerprint density at radius 1 is 1.03 bits per heavy atom. The van der Waals surface area contributed by atoms with E-state index >= 15 is 0 Å². The van der Waals surface area contributed by atoms with Crippen molar-refractivity contribution < 1.29 is 9.59 Å². The molecule has 7 heteroatoms. The van der Waals surface area contributed by atoms with E-state index in [9.17, 15) is 9.59 Å². The third kappa shape index (κ3) is 7.19. The summed E-state index contributed by atoms with van der Waals surface area (Å²) in [6, 6.07) is 11.9. The molecule has 0 saturated heterocycles. The molecule has 4 nitrogen and oxygen atoms in total. The molecule has 0 aliphatic rings. The van der Waals surface area contributed by atoms with Crippen LogP contribution in [0.2, 0.25) is 15.1 Å². The summed E-state index contributed by atoms with van der Waals surface area (Å²) >= 11 is 18.5. The maximum atomic E-state index is 13.1. The zero-order valence-corrected chi connectivity index (χ0v) is 19.5. The fourth-order valence-electron chi connectivity index (χ4n) is 3.04. The standard InChI is InChI=1S/C23H27Cl3N2O2/c1-3-4-13-27-23(30)16(2)28(15-18-9-11-19(24)14-21(18)26)22(29)12-10-17-7-5-6-8-20(17)25/h5-9,11,14,16H,3-4,10,12-13,15H2,1-2H3,(H,27,30). The minimum absolute atomic E-state index is 0.140. The molecule has 2 rings (SSSR count). The summed E-state index contributed by atoms with van der Waals surface area (Å²) < 4.78 is 0. The number of amides is 2. The molecule has 0 bridgehead atoms. The lowest BCUT2D eigenvalue weighted by Gasteiger charge is -2.29. The van der Waals surface area contributed by atoms with E-state index in [1.807, 2.05) is 18.2 Å². The van der Waals surface area contributed by atoms with Gasteiger partial charge in [0.1, 0.15) is 6.04 Å². The molecule has 2 amide bonds. The first-order valence-corrected chi connectivity index (χ1v) is 11.2. The van der Waals surface area contributed by atoms with Gasteiger partial charge in [0.05, 0.1) is 0 Å². The topological polar surface area (TPSA) is 49.4 Å². The van der Waals surface area contributed by atoms with Crippen LogP contribution in [0.3, 0.4) is 0 Å². The van der Waals surface area contributed by atoms with Crippen LogP contribution in [0, 0.1) is 0 Å². The highest BCUT2D eigenvalue weighted by Gasteiger charge is 2.26. The summed E-state index contributed by atoms with van der Waals surface area (Å²) in [4.78, 5) is 27.3. The number of carbonyl (C=O) groups is 2. The van der Waals surface area contributed by atoms with Gasteiger partial charge in [-0.1, -0.05) is 72.4 Å². The highest BCUT2D eigenvalue weighted by Crippen LogP contribution is 2.24. The van der Waals surface area contributed by atoms with Gasteiger partial charge in [0.25, 0.3) is 0 Å². The van der Waals surface area contributed by atoms with Crippen LogP contribution in [0.25, 0.3) is 0 Å². The van der Waals surface area contributed by atoms with E-state index in [1.165, 1.54) is 0 Å². The van der Waals surface area contributed by atoms with E-state index < -0.39 is 6.04 Å². The van der Waals surface area contributed by atoms with Crippen molar-refractivity contribution in [1.29, 1.82) is 0 Å². The molecule has 0 spiro atoms. The molecular formula is C23H27Cl3N2O2. The number of unbranched alkanes of at least 4 members (excludes halogenated alkanes) is 1. The summed E-state index contributed by atoms with van der Waals surface area (Å²) in [5.74, 6) is -0.321. The Labute approximate surface area is 193 Å². The van der Waals surface area contributed by atoms with Gasteiger partial charge in [0, 0.05) is 34.6 Å². The van der Waals surface area contributed by atoms with Crippen molar-refractivity contribution in [3.63, 3.8) is 0 Å². The molecule has 0 heterocycles. The Kier molecular flexibility index (Phi) is 9.96. The average molecular weight is 470 g/mol. The van der Waals surface area contributed by atoms with E-state index in [0.717, 1.165) is 24.0 Å². The van der Waals surface area contributed by atoms with Crippen molar-refractivity contribution in [2.24, 2.45) is 0 Å². The minimum atomic E-state index is -0.632. The number of rotatable bonds is 10. The van der Waals surface area contributed by atoms with Gasteiger partial charge in [-0.25, -0.2) is 0 Å². The Balaban J connectivity index is 2.17. The first-order chi connectivity index (χ1) is 14.3. The van der Waals surface area contributed by atoms with Gasteiger partial charge in [-0.3, -0.25) is 9.59 Å². The number of hydrogen-bond donors (Lipinski definition) is 1. The summed E-state index contributed by atoms with van der Waals surface area (Å²) in [5, 5.41) is 4.51. The second kappa shape index (κ2) is 12.2. The number of hydrogen-bond acceptors (Lipinski definition) is 2. The minimum Gasteiger partial charge on any atom is -0.354 e. The lowest BCUT2D eigenvalue weighted by molar-refractivity contribution is -0.140. The zero-order valence-electron chi connectivity index (χ0n) is 17.3. The number of halogens is 3. The maximum absolute atomic E-state index is 13.1. The fourth-order valence-corrected chi connectivity index (χ4v) is 3.74. The van der Waals surface area contributed by atoms with E-state index in [1.54, 1.807) is 36.1 Å². The van der Waals surface area contributed by atoms with Crippen LogP contribution < -0.4 is 5.32 Å². The van der Waals surface area contributed by atoms with Gasteiger partial charge >= 0.3 is 0 Å². The van der Waals surface area contributed by atoms with E-state index in [2.05, 4.69) is 12.2 Å². The molecule has 30 heavy (non-hydrogen) atoms. The van der Waals surface area contributed by atoms with Crippen molar-refractivity contribution in [1.82, 2.24) is 10.2 Å². The number of nitrogens with one attached hydrogen (secondary N) is 1. The van der Waals surface area contributed by atoms with Crippen LogP contribution in [0.15, 0.2) is 42.5 Å². The maximum Gasteiger partial charge on any atom is 0.242 e. The van der Waals surface area contributed by atoms with Crippen molar-refractivity contribution in [3.05, 3.63) is 68.7 Å². The van der Waals surface area contributed by atoms with Crippen LogP contribution in [0.1, 0.15) is 44.2 Å². The number of nitrogens with zero attached hydrogens (tertiary/aromatic N) is 1. The quantitative estimate of drug-likeness (QED) is 0.440. The predicted octanol–water partition coefficient (Wildman–Crippen LogP) is 5.91. The van der Waals surface area contributed by atoms with Gasteiger partial charge in [-0.15, -0.1) is 0 Å². The third-order valence-corrected chi connectivity index (χ3v) is 5.87. The van der Waals surface area contributed by atoms with Crippen molar-refractivity contribution in [3.8, 4) is 0 Å². The molecule has 2 aromatic carbocycles. The van der Waals surface area contributed by atoms with Gasteiger partial charge < -0.3 is 10.2 Å². The smallest absolute Gasteiger partial charge is 0.242 e. The van der Waals surface area contributed by atoms with Crippen molar-refractivity contribution >= 4 is 46.6 Å². The number of aryl methyl sites for hydroxylation is 1. The van der Waals surface area contributed by atoms with E-state index in [0.29, 0.717) is 28.0 Å². The molecule has 2 aromatic rings. The Morgan fingerprint density at radius 3 is 2.43 bits per heavy atom.